The molecule has 0 aliphatic heterocycles. The average Bonchev–Trinajstić information content (AvgIpc) is 3.05. The Morgan fingerprint density at radius 3 is 1.40 bits per heavy atom. The minimum atomic E-state index is -0.633. The molecule has 0 aromatic heterocycles. The number of rotatable bonds is 33. The lowest BCUT2D eigenvalue weighted by Gasteiger charge is -2.14. The Kier molecular flexibility index (Phi) is 36.2. The monoisotopic (exact) mass is 627 g/mol. The van der Waals surface area contributed by atoms with Gasteiger partial charge in [0, 0.05) is 12.7 Å². The third kappa shape index (κ3) is 36.2. The van der Waals surface area contributed by atoms with Gasteiger partial charge < -0.3 is 14.6 Å². The largest absolute Gasteiger partial charge is 0.454 e. The third-order valence-corrected chi connectivity index (χ3v) is 7.78. The van der Waals surface area contributed by atoms with E-state index in [1.807, 2.05) is 36.5 Å². The van der Waals surface area contributed by atoms with E-state index in [0.29, 0.717) is 6.61 Å². The molecule has 0 aromatic carbocycles. The number of aliphatic hydroxyl groups excluding tert-OH is 1. The van der Waals surface area contributed by atoms with Gasteiger partial charge in [0.25, 0.3) is 0 Å². The standard InChI is InChI=1S/C41H70O4/c1-3-5-7-9-11-13-15-17-19-20-21-22-23-24-26-28-30-32-34-36-41(43)45-40(38-42)39-44-37-35-33-31-29-27-25-18-16-14-12-10-8-6-4-2/h19-24,26,28,30,32,34,36,40,42H,3-18,25,27,29,31,33,35,37-39H2,1-2H3/b20-19?,22-21?,24-23?,28-26?,32-30?,36-34-. The van der Waals surface area contributed by atoms with E-state index in [-0.39, 0.29) is 13.2 Å². The molecule has 0 rings (SSSR count). The summed E-state index contributed by atoms with van der Waals surface area (Å²) >= 11 is 0. The van der Waals surface area contributed by atoms with Crippen molar-refractivity contribution in [1.82, 2.24) is 0 Å². The van der Waals surface area contributed by atoms with Crippen LogP contribution in [0.15, 0.2) is 72.9 Å². The highest BCUT2D eigenvalue weighted by molar-refractivity contribution is 5.82. The second kappa shape index (κ2) is 38.0. The van der Waals surface area contributed by atoms with Crippen LogP contribution in [0.1, 0.15) is 155 Å². The van der Waals surface area contributed by atoms with Crippen molar-refractivity contribution in [2.45, 2.75) is 161 Å². The summed E-state index contributed by atoms with van der Waals surface area (Å²) < 4.78 is 10.9. The van der Waals surface area contributed by atoms with E-state index < -0.39 is 12.1 Å². The molecule has 45 heavy (non-hydrogen) atoms. The Hall–Kier alpha value is -2.17. The van der Waals surface area contributed by atoms with E-state index in [1.54, 1.807) is 12.2 Å². The number of hydrogen-bond donors (Lipinski definition) is 1. The summed E-state index contributed by atoms with van der Waals surface area (Å²) in [6.07, 6.45) is 51.4. The van der Waals surface area contributed by atoms with Crippen LogP contribution in [-0.2, 0) is 14.3 Å². The van der Waals surface area contributed by atoms with E-state index in [4.69, 9.17) is 9.47 Å². The Bertz CT molecular complexity index is 789. The molecule has 1 unspecified atom stereocenters. The summed E-state index contributed by atoms with van der Waals surface area (Å²) in [5.41, 5.74) is 0. The van der Waals surface area contributed by atoms with Gasteiger partial charge in [-0.05, 0) is 19.3 Å². The van der Waals surface area contributed by atoms with Gasteiger partial charge in [0.05, 0.1) is 13.2 Å². The number of allylic oxidation sites excluding steroid dienone is 11. The lowest BCUT2D eigenvalue weighted by atomic mass is 10.0. The Morgan fingerprint density at radius 1 is 0.533 bits per heavy atom. The van der Waals surface area contributed by atoms with Gasteiger partial charge >= 0.3 is 5.97 Å². The van der Waals surface area contributed by atoms with Crippen LogP contribution < -0.4 is 0 Å². The molecule has 0 radical (unpaired) electrons. The zero-order valence-electron chi connectivity index (χ0n) is 29.4. The SMILES string of the molecule is CCCCCCCCCC=CC=CC=CC=CC=C/C=C\C(=O)OC(CO)COCCCCCCCCCCCCCCCC. The maximum absolute atomic E-state index is 12.0. The smallest absolute Gasteiger partial charge is 0.331 e. The highest BCUT2D eigenvalue weighted by Gasteiger charge is 2.11. The van der Waals surface area contributed by atoms with Gasteiger partial charge in [-0.3, -0.25) is 0 Å². The minimum absolute atomic E-state index is 0.225. The average molecular weight is 627 g/mol. The van der Waals surface area contributed by atoms with Crippen LogP contribution in [0.2, 0.25) is 0 Å². The predicted molar refractivity (Wildman–Crippen MR) is 196 cm³/mol. The number of unbranched alkanes of at least 4 members (excludes halogenated alkanes) is 20. The summed E-state index contributed by atoms with van der Waals surface area (Å²) in [5.74, 6) is -0.479. The second-order valence-electron chi connectivity index (χ2n) is 12.1. The molecule has 0 fully saturated rings. The molecular formula is C41H70O4. The van der Waals surface area contributed by atoms with E-state index in [9.17, 15) is 9.90 Å². The molecule has 0 bridgehead atoms. The molecule has 258 valence electrons. The molecule has 0 saturated carbocycles. The van der Waals surface area contributed by atoms with Gasteiger partial charge in [0.15, 0.2) is 0 Å². The van der Waals surface area contributed by atoms with Crippen molar-refractivity contribution in [1.29, 1.82) is 0 Å². The van der Waals surface area contributed by atoms with Gasteiger partial charge in [-0.25, -0.2) is 4.79 Å². The number of carbonyl (C=O) groups is 1. The maximum Gasteiger partial charge on any atom is 0.331 e. The highest BCUT2D eigenvalue weighted by atomic mass is 16.6. The fourth-order valence-electron chi connectivity index (χ4n) is 4.98. The third-order valence-electron chi connectivity index (χ3n) is 7.78. The van der Waals surface area contributed by atoms with Crippen LogP contribution >= 0.6 is 0 Å². The van der Waals surface area contributed by atoms with Crippen LogP contribution in [0.3, 0.4) is 0 Å². The minimum Gasteiger partial charge on any atom is -0.454 e. The van der Waals surface area contributed by atoms with Crippen molar-refractivity contribution in [3.8, 4) is 0 Å². The molecule has 0 heterocycles. The normalized spacial score (nSPS) is 13.2. The Morgan fingerprint density at radius 2 is 0.933 bits per heavy atom. The van der Waals surface area contributed by atoms with Gasteiger partial charge in [-0.1, -0.05) is 203 Å². The van der Waals surface area contributed by atoms with Crippen LogP contribution in [0.4, 0.5) is 0 Å². The summed E-state index contributed by atoms with van der Waals surface area (Å²) in [6, 6.07) is 0. The number of hydrogen-bond acceptors (Lipinski definition) is 4. The topological polar surface area (TPSA) is 55.8 Å². The number of esters is 1. The first-order valence-corrected chi connectivity index (χ1v) is 18.6. The van der Waals surface area contributed by atoms with Crippen LogP contribution in [-0.4, -0.2) is 37.0 Å². The molecule has 0 aromatic rings. The molecule has 0 saturated heterocycles. The van der Waals surface area contributed by atoms with Crippen molar-refractivity contribution in [3.05, 3.63) is 72.9 Å². The lowest BCUT2D eigenvalue weighted by Crippen LogP contribution is -2.26. The number of carbonyl (C=O) groups excluding carboxylic acids is 1. The lowest BCUT2D eigenvalue weighted by molar-refractivity contribution is -0.148. The van der Waals surface area contributed by atoms with Crippen molar-refractivity contribution in [2.24, 2.45) is 0 Å². The molecule has 4 nitrogen and oxygen atoms in total. The molecular weight excluding hydrogens is 556 g/mol. The van der Waals surface area contributed by atoms with E-state index >= 15 is 0 Å². The first-order chi connectivity index (χ1) is 22.2. The van der Waals surface area contributed by atoms with Gasteiger partial charge in [0.2, 0.25) is 0 Å². The highest BCUT2D eigenvalue weighted by Crippen LogP contribution is 2.13. The predicted octanol–water partition coefficient (Wildman–Crippen LogP) is 11.9. The molecule has 0 aliphatic carbocycles. The summed E-state index contributed by atoms with van der Waals surface area (Å²) in [7, 11) is 0. The van der Waals surface area contributed by atoms with E-state index in [1.165, 1.54) is 128 Å². The molecule has 0 aliphatic rings. The molecule has 0 amide bonds. The van der Waals surface area contributed by atoms with Crippen molar-refractivity contribution < 1.29 is 19.4 Å². The molecule has 4 heteroatoms. The summed E-state index contributed by atoms with van der Waals surface area (Å²) in [6.45, 7) is 5.15. The van der Waals surface area contributed by atoms with Crippen LogP contribution in [0, 0.1) is 0 Å². The molecule has 1 N–H and O–H groups in total. The second-order valence-corrected chi connectivity index (χ2v) is 12.1. The first kappa shape index (κ1) is 42.8. The summed E-state index contributed by atoms with van der Waals surface area (Å²) in [4.78, 5) is 12.0. The van der Waals surface area contributed by atoms with Gasteiger partial charge in [0.1, 0.15) is 6.10 Å². The fourth-order valence-corrected chi connectivity index (χ4v) is 4.98. The summed E-state index contributed by atoms with van der Waals surface area (Å²) in [5, 5.41) is 9.52. The molecule has 1 atom stereocenters. The zero-order chi connectivity index (χ0) is 32.7. The quantitative estimate of drug-likeness (QED) is 0.0341. The fraction of sp³-hybridized carbons (Fsp3) is 0.683. The zero-order valence-corrected chi connectivity index (χ0v) is 29.4. The van der Waals surface area contributed by atoms with Crippen LogP contribution in [0.5, 0.6) is 0 Å². The van der Waals surface area contributed by atoms with Crippen LogP contribution in [0.25, 0.3) is 0 Å². The van der Waals surface area contributed by atoms with Crippen molar-refractivity contribution >= 4 is 5.97 Å². The number of aliphatic hydroxyl groups is 1. The van der Waals surface area contributed by atoms with Gasteiger partial charge in [-0.2, -0.15) is 0 Å². The number of ether oxygens (including phenoxy) is 2. The maximum atomic E-state index is 12.0. The van der Waals surface area contributed by atoms with Gasteiger partial charge in [-0.15, -0.1) is 0 Å². The molecule has 0 spiro atoms. The first-order valence-electron chi connectivity index (χ1n) is 18.6. The Balaban J connectivity index is 3.73. The van der Waals surface area contributed by atoms with Crippen molar-refractivity contribution in [2.75, 3.05) is 19.8 Å². The van der Waals surface area contributed by atoms with E-state index in [0.717, 1.165) is 19.3 Å². The van der Waals surface area contributed by atoms with E-state index in [2.05, 4.69) is 32.1 Å². The van der Waals surface area contributed by atoms with Crippen molar-refractivity contribution in [3.63, 3.8) is 0 Å². The Labute approximate surface area is 278 Å².